The molecule has 0 saturated heterocycles. The van der Waals surface area contributed by atoms with Gasteiger partial charge in [-0.15, -0.1) is 0 Å². The summed E-state index contributed by atoms with van der Waals surface area (Å²) in [4.78, 5) is 0. The van der Waals surface area contributed by atoms with E-state index in [2.05, 4.69) is 6.58 Å². The van der Waals surface area contributed by atoms with Gasteiger partial charge in [-0.2, -0.15) is 0 Å². The second kappa shape index (κ2) is 6.56. The standard InChI is InChI=1S/C16H17O3P/c1-14(2)19-20(17,16-11-7-4-8-12-16)18-13-15-9-5-3-6-10-15/h3-12H,1,13H2,2H3. The molecule has 0 saturated carbocycles. The maximum absolute atomic E-state index is 12.9. The van der Waals surface area contributed by atoms with Crippen molar-refractivity contribution in [3.8, 4) is 0 Å². The Morgan fingerprint density at radius 2 is 1.60 bits per heavy atom. The summed E-state index contributed by atoms with van der Waals surface area (Å²) in [5, 5.41) is 0.527. The minimum absolute atomic E-state index is 0.223. The summed E-state index contributed by atoms with van der Waals surface area (Å²) in [7, 11) is -3.39. The normalized spacial score (nSPS) is 13.4. The molecule has 0 spiro atoms. The van der Waals surface area contributed by atoms with Crippen LogP contribution in [-0.2, 0) is 20.2 Å². The number of benzene rings is 2. The molecular weight excluding hydrogens is 271 g/mol. The molecule has 0 radical (unpaired) electrons. The molecule has 0 heterocycles. The molecule has 0 amide bonds. The zero-order chi connectivity index (χ0) is 14.4. The van der Waals surface area contributed by atoms with Gasteiger partial charge in [-0.05, 0) is 24.6 Å². The van der Waals surface area contributed by atoms with Gasteiger partial charge in [0, 0.05) is 0 Å². The van der Waals surface area contributed by atoms with Crippen molar-refractivity contribution >= 4 is 12.9 Å². The summed E-state index contributed by atoms with van der Waals surface area (Å²) >= 11 is 0. The van der Waals surface area contributed by atoms with Crippen LogP contribution < -0.4 is 5.30 Å². The number of allylic oxidation sites excluding steroid dienone is 1. The van der Waals surface area contributed by atoms with Crippen molar-refractivity contribution in [3.05, 3.63) is 78.6 Å². The third-order valence-corrected chi connectivity index (χ3v) is 4.54. The molecule has 1 unspecified atom stereocenters. The highest BCUT2D eigenvalue weighted by Crippen LogP contribution is 2.49. The van der Waals surface area contributed by atoms with Gasteiger partial charge in [-0.25, -0.2) is 4.57 Å². The van der Waals surface area contributed by atoms with E-state index < -0.39 is 7.60 Å². The van der Waals surface area contributed by atoms with E-state index in [0.717, 1.165) is 5.56 Å². The minimum atomic E-state index is -3.39. The van der Waals surface area contributed by atoms with Crippen LogP contribution in [0.1, 0.15) is 12.5 Å². The van der Waals surface area contributed by atoms with Gasteiger partial charge in [0.2, 0.25) is 0 Å². The Morgan fingerprint density at radius 1 is 1.05 bits per heavy atom. The van der Waals surface area contributed by atoms with Gasteiger partial charge in [-0.1, -0.05) is 55.1 Å². The Morgan fingerprint density at radius 3 is 2.15 bits per heavy atom. The Balaban J connectivity index is 2.20. The monoisotopic (exact) mass is 288 g/mol. The Kier molecular flexibility index (Phi) is 4.78. The van der Waals surface area contributed by atoms with Gasteiger partial charge in [-0.3, -0.25) is 4.52 Å². The van der Waals surface area contributed by atoms with Crippen molar-refractivity contribution in [2.75, 3.05) is 0 Å². The first-order valence-electron chi connectivity index (χ1n) is 6.29. The highest BCUT2D eigenvalue weighted by atomic mass is 31.2. The first-order chi connectivity index (χ1) is 9.60. The summed E-state index contributed by atoms with van der Waals surface area (Å²) in [6.45, 7) is 5.52. The van der Waals surface area contributed by atoms with Crippen LogP contribution >= 0.6 is 7.60 Å². The predicted molar refractivity (Wildman–Crippen MR) is 80.8 cm³/mol. The van der Waals surface area contributed by atoms with Gasteiger partial charge in [0.05, 0.1) is 17.7 Å². The van der Waals surface area contributed by atoms with Gasteiger partial charge >= 0.3 is 7.60 Å². The fraction of sp³-hybridized carbons (Fsp3) is 0.125. The third-order valence-electron chi connectivity index (χ3n) is 2.59. The first kappa shape index (κ1) is 14.6. The van der Waals surface area contributed by atoms with E-state index in [9.17, 15) is 4.57 Å². The van der Waals surface area contributed by atoms with Crippen LogP contribution in [0.15, 0.2) is 73.0 Å². The SMILES string of the molecule is C=C(C)OP(=O)(OCc1ccccc1)c1ccccc1. The van der Waals surface area contributed by atoms with Crippen molar-refractivity contribution in [1.29, 1.82) is 0 Å². The predicted octanol–water partition coefficient (Wildman–Crippen LogP) is 4.27. The number of hydrogen-bond acceptors (Lipinski definition) is 3. The van der Waals surface area contributed by atoms with Crippen LogP contribution in [0.2, 0.25) is 0 Å². The molecular formula is C16H17O3P. The van der Waals surface area contributed by atoms with Gasteiger partial charge < -0.3 is 4.52 Å². The largest absolute Gasteiger partial charge is 0.427 e. The van der Waals surface area contributed by atoms with E-state index in [1.54, 1.807) is 31.2 Å². The molecule has 0 N–H and O–H groups in total. The maximum atomic E-state index is 12.9. The summed E-state index contributed by atoms with van der Waals surface area (Å²) < 4.78 is 23.9. The van der Waals surface area contributed by atoms with Crippen LogP contribution in [0.25, 0.3) is 0 Å². The lowest BCUT2D eigenvalue weighted by atomic mass is 10.2. The van der Waals surface area contributed by atoms with Crippen LogP contribution in [0, 0.1) is 0 Å². The number of hydrogen-bond donors (Lipinski definition) is 0. The first-order valence-corrected chi connectivity index (χ1v) is 7.84. The van der Waals surface area contributed by atoms with Crippen molar-refractivity contribution in [2.24, 2.45) is 0 Å². The average Bonchev–Trinajstić information content (AvgIpc) is 2.47. The van der Waals surface area contributed by atoms with Crippen molar-refractivity contribution in [3.63, 3.8) is 0 Å². The quantitative estimate of drug-likeness (QED) is 0.588. The highest BCUT2D eigenvalue weighted by Gasteiger charge is 2.28. The van der Waals surface area contributed by atoms with Crippen molar-refractivity contribution in [1.82, 2.24) is 0 Å². The van der Waals surface area contributed by atoms with E-state index >= 15 is 0 Å². The summed E-state index contributed by atoms with van der Waals surface area (Å²) in [6, 6.07) is 18.5. The lowest BCUT2D eigenvalue weighted by molar-refractivity contribution is 0.240. The molecule has 20 heavy (non-hydrogen) atoms. The fourth-order valence-electron chi connectivity index (χ4n) is 1.70. The van der Waals surface area contributed by atoms with Crippen LogP contribution in [0.3, 0.4) is 0 Å². The Hall–Kier alpha value is -1.83. The van der Waals surface area contributed by atoms with Gasteiger partial charge in [0.15, 0.2) is 0 Å². The molecule has 4 heteroatoms. The van der Waals surface area contributed by atoms with E-state index in [-0.39, 0.29) is 6.61 Å². The highest BCUT2D eigenvalue weighted by molar-refractivity contribution is 7.62. The van der Waals surface area contributed by atoms with Crippen LogP contribution in [-0.4, -0.2) is 0 Å². The van der Waals surface area contributed by atoms with E-state index in [1.807, 2.05) is 36.4 Å². The maximum Gasteiger partial charge on any atom is 0.410 e. The molecule has 2 aromatic carbocycles. The molecule has 2 aromatic rings. The lowest BCUT2D eigenvalue weighted by Gasteiger charge is -2.19. The van der Waals surface area contributed by atoms with Crippen molar-refractivity contribution in [2.45, 2.75) is 13.5 Å². The number of rotatable bonds is 6. The Bertz CT molecular complexity index is 608. The second-order valence-corrected chi connectivity index (χ2v) is 6.34. The van der Waals surface area contributed by atoms with Crippen molar-refractivity contribution < 1.29 is 13.6 Å². The third kappa shape index (κ3) is 3.83. The van der Waals surface area contributed by atoms with Gasteiger partial charge in [0.25, 0.3) is 0 Å². The fourth-order valence-corrected chi connectivity index (χ4v) is 3.28. The van der Waals surface area contributed by atoms with E-state index in [4.69, 9.17) is 9.05 Å². The summed E-state index contributed by atoms with van der Waals surface area (Å²) in [5.41, 5.74) is 0.939. The smallest absolute Gasteiger partial charge is 0.410 e. The molecule has 0 fully saturated rings. The summed E-state index contributed by atoms with van der Waals surface area (Å²) in [5.74, 6) is 0.366. The Labute approximate surface area is 119 Å². The van der Waals surface area contributed by atoms with Crippen LogP contribution in [0.5, 0.6) is 0 Å². The lowest BCUT2D eigenvalue weighted by Crippen LogP contribution is -2.09. The summed E-state index contributed by atoms with van der Waals surface area (Å²) in [6.07, 6.45) is 0. The molecule has 0 aliphatic rings. The topological polar surface area (TPSA) is 35.5 Å². The average molecular weight is 288 g/mol. The molecule has 0 aromatic heterocycles. The minimum Gasteiger partial charge on any atom is -0.427 e. The zero-order valence-corrected chi connectivity index (χ0v) is 12.3. The molecule has 104 valence electrons. The van der Waals surface area contributed by atoms with Gasteiger partial charge in [0.1, 0.15) is 0 Å². The van der Waals surface area contributed by atoms with E-state index in [1.165, 1.54) is 0 Å². The second-order valence-electron chi connectivity index (χ2n) is 4.39. The molecule has 2 rings (SSSR count). The molecule has 1 atom stereocenters. The molecule has 0 bridgehead atoms. The molecule has 0 aliphatic carbocycles. The zero-order valence-electron chi connectivity index (χ0n) is 11.4. The molecule has 0 aliphatic heterocycles. The van der Waals surface area contributed by atoms with E-state index in [0.29, 0.717) is 11.1 Å². The molecule has 3 nitrogen and oxygen atoms in total. The van der Waals surface area contributed by atoms with Crippen LogP contribution in [0.4, 0.5) is 0 Å².